The third-order valence-corrected chi connectivity index (χ3v) is 2.80. The van der Waals surface area contributed by atoms with E-state index >= 15 is 0 Å². The Hall–Kier alpha value is -1.89. The van der Waals surface area contributed by atoms with E-state index in [1.807, 2.05) is 31.4 Å². The van der Waals surface area contributed by atoms with Gasteiger partial charge in [-0.3, -0.25) is 4.79 Å². The summed E-state index contributed by atoms with van der Waals surface area (Å²) in [5, 5.41) is 0. The van der Waals surface area contributed by atoms with Crippen LogP contribution in [0.15, 0.2) is 54.6 Å². The van der Waals surface area contributed by atoms with Crippen LogP contribution in [0.3, 0.4) is 0 Å². The van der Waals surface area contributed by atoms with Crippen molar-refractivity contribution in [1.82, 2.24) is 0 Å². The molecule has 0 aliphatic carbocycles. The molecule has 0 aliphatic rings. The van der Waals surface area contributed by atoms with Crippen LogP contribution in [-0.4, -0.2) is 6.29 Å². The van der Waals surface area contributed by atoms with E-state index in [0.29, 0.717) is 0 Å². The Labute approximate surface area is 102 Å². The quantitative estimate of drug-likeness (QED) is 0.773. The molecule has 1 atom stereocenters. The minimum atomic E-state index is -0.0300. The second kappa shape index (κ2) is 5.44. The lowest BCUT2D eigenvalue weighted by atomic mass is 9.99. The van der Waals surface area contributed by atoms with E-state index in [9.17, 15) is 4.79 Å². The lowest BCUT2D eigenvalue weighted by Crippen LogP contribution is -2.00. The van der Waals surface area contributed by atoms with Crippen LogP contribution >= 0.6 is 0 Å². The van der Waals surface area contributed by atoms with Gasteiger partial charge in [-0.2, -0.15) is 0 Å². The Bertz CT molecular complexity index is 471. The Morgan fingerprint density at radius 3 is 2.12 bits per heavy atom. The van der Waals surface area contributed by atoms with E-state index in [1.165, 1.54) is 16.7 Å². The molecule has 2 rings (SSSR count). The van der Waals surface area contributed by atoms with Crippen LogP contribution in [0.4, 0.5) is 0 Å². The molecule has 0 aromatic heterocycles. The van der Waals surface area contributed by atoms with E-state index in [1.54, 1.807) is 0 Å². The van der Waals surface area contributed by atoms with Gasteiger partial charge in [0.1, 0.15) is 0 Å². The molecular weight excluding hydrogens is 208 g/mol. The summed E-state index contributed by atoms with van der Waals surface area (Å²) in [5.74, 6) is -0.0300. The second-order valence-electron chi connectivity index (χ2n) is 4.29. The number of hydrogen-bond donors (Lipinski definition) is 0. The van der Waals surface area contributed by atoms with Crippen LogP contribution in [0.2, 0.25) is 0 Å². The highest BCUT2D eigenvalue weighted by Gasteiger charge is 2.03. The van der Waals surface area contributed by atoms with Gasteiger partial charge in [-0.05, 0) is 23.1 Å². The van der Waals surface area contributed by atoms with Crippen molar-refractivity contribution in [1.29, 1.82) is 0 Å². The molecule has 0 aliphatic heterocycles. The van der Waals surface area contributed by atoms with Crippen LogP contribution < -0.4 is 0 Å². The van der Waals surface area contributed by atoms with E-state index in [4.69, 9.17) is 0 Å². The fourth-order valence-electron chi connectivity index (χ4n) is 1.86. The molecule has 1 heteroatoms. The maximum Gasteiger partial charge on any atom is 0.201 e. The molecular formula is C16H15O. The molecule has 1 radical (unpaired) electrons. The van der Waals surface area contributed by atoms with Crippen molar-refractivity contribution >= 4 is 6.29 Å². The van der Waals surface area contributed by atoms with Crippen molar-refractivity contribution in [2.75, 3.05) is 0 Å². The summed E-state index contributed by atoms with van der Waals surface area (Å²) in [7, 11) is 0. The first kappa shape index (κ1) is 11.6. The summed E-state index contributed by atoms with van der Waals surface area (Å²) in [6.45, 7) is 1.89. The van der Waals surface area contributed by atoms with Gasteiger partial charge in [0.15, 0.2) is 0 Å². The van der Waals surface area contributed by atoms with E-state index in [2.05, 4.69) is 36.4 Å². The van der Waals surface area contributed by atoms with E-state index in [-0.39, 0.29) is 5.92 Å². The highest BCUT2D eigenvalue weighted by Crippen LogP contribution is 2.20. The first-order chi connectivity index (χ1) is 8.29. The van der Waals surface area contributed by atoms with Gasteiger partial charge < -0.3 is 0 Å². The molecule has 2 aromatic rings. The van der Waals surface area contributed by atoms with Crippen LogP contribution in [0.5, 0.6) is 0 Å². The summed E-state index contributed by atoms with van der Waals surface area (Å²) >= 11 is 0. The van der Waals surface area contributed by atoms with Crippen LogP contribution in [-0.2, 0) is 11.2 Å². The first-order valence-corrected chi connectivity index (χ1v) is 5.81. The third kappa shape index (κ3) is 3.04. The minimum Gasteiger partial charge on any atom is -0.291 e. The molecule has 0 spiro atoms. The molecule has 2 aromatic carbocycles. The molecule has 0 N–H and O–H groups in total. The third-order valence-electron chi connectivity index (χ3n) is 2.80. The number of rotatable bonds is 4. The molecule has 17 heavy (non-hydrogen) atoms. The molecule has 1 nitrogen and oxygen atoms in total. The molecule has 0 saturated heterocycles. The lowest BCUT2D eigenvalue weighted by Gasteiger charge is -2.05. The summed E-state index contributed by atoms with van der Waals surface area (Å²) in [4.78, 5) is 10.5. The van der Waals surface area contributed by atoms with Crippen molar-refractivity contribution in [3.05, 3.63) is 60.2 Å². The first-order valence-electron chi connectivity index (χ1n) is 5.81. The summed E-state index contributed by atoms with van der Waals surface area (Å²) in [6, 6.07) is 18.6. The molecule has 0 amide bonds. The van der Waals surface area contributed by atoms with E-state index < -0.39 is 0 Å². The zero-order valence-corrected chi connectivity index (χ0v) is 9.89. The summed E-state index contributed by atoms with van der Waals surface area (Å²) < 4.78 is 0. The maximum absolute atomic E-state index is 10.5. The average molecular weight is 223 g/mol. The van der Waals surface area contributed by atoms with Gasteiger partial charge in [-0.15, -0.1) is 0 Å². The summed E-state index contributed by atoms with van der Waals surface area (Å²) in [5.41, 5.74) is 3.60. The second-order valence-corrected chi connectivity index (χ2v) is 4.29. The Kier molecular flexibility index (Phi) is 3.71. The Balaban J connectivity index is 2.16. The van der Waals surface area contributed by atoms with Crippen molar-refractivity contribution in [3.8, 4) is 11.1 Å². The fourth-order valence-corrected chi connectivity index (χ4v) is 1.86. The van der Waals surface area contributed by atoms with Gasteiger partial charge >= 0.3 is 0 Å². The number of hydrogen-bond acceptors (Lipinski definition) is 1. The monoisotopic (exact) mass is 223 g/mol. The highest BCUT2D eigenvalue weighted by atomic mass is 16.1. The lowest BCUT2D eigenvalue weighted by molar-refractivity contribution is 0.528. The van der Waals surface area contributed by atoms with Crippen LogP contribution in [0.25, 0.3) is 11.1 Å². The SMILES string of the molecule is CC([C]=O)Cc1ccc(-c2ccccc2)cc1. The maximum atomic E-state index is 10.5. The van der Waals surface area contributed by atoms with Gasteiger partial charge in [0.2, 0.25) is 6.29 Å². The number of benzene rings is 2. The zero-order valence-electron chi connectivity index (χ0n) is 9.89. The predicted molar refractivity (Wildman–Crippen MR) is 70.4 cm³/mol. The number of carbonyl (C=O) groups excluding carboxylic acids is 1. The van der Waals surface area contributed by atoms with E-state index in [0.717, 1.165) is 6.42 Å². The molecule has 1 unspecified atom stereocenters. The standard InChI is InChI=1S/C16H15O/c1-13(12-17)11-14-7-9-16(10-8-14)15-5-3-2-4-6-15/h2-10,13H,11H2,1H3. The van der Waals surface area contributed by atoms with Crippen LogP contribution in [0.1, 0.15) is 12.5 Å². The zero-order chi connectivity index (χ0) is 12.1. The molecule has 0 fully saturated rings. The Morgan fingerprint density at radius 1 is 0.941 bits per heavy atom. The Morgan fingerprint density at radius 2 is 1.53 bits per heavy atom. The van der Waals surface area contributed by atoms with Gasteiger partial charge in [0.05, 0.1) is 0 Å². The van der Waals surface area contributed by atoms with Gasteiger partial charge in [0, 0.05) is 5.92 Å². The normalized spacial score (nSPS) is 12.1. The highest BCUT2D eigenvalue weighted by molar-refractivity contribution is 5.63. The smallest absolute Gasteiger partial charge is 0.201 e. The predicted octanol–water partition coefficient (Wildman–Crippen LogP) is 3.64. The van der Waals surface area contributed by atoms with Crippen molar-refractivity contribution in [2.45, 2.75) is 13.3 Å². The average Bonchev–Trinajstić information content (AvgIpc) is 2.40. The van der Waals surface area contributed by atoms with Crippen LogP contribution in [0, 0.1) is 5.92 Å². The van der Waals surface area contributed by atoms with Gasteiger partial charge in [-0.1, -0.05) is 61.5 Å². The fraction of sp³-hybridized carbons (Fsp3) is 0.188. The molecule has 0 heterocycles. The van der Waals surface area contributed by atoms with Crippen molar-refractivity contribution in [2.24, 2.45) is 5.92 Å². The largest absolute Gasteiger partial charge is 0.291 e. The van der Waals surface area contributed by atoms with Gasteiger partial charge in [0.25, 0.3) is 0 Å². The topological polar surface area (TPSA) is 17.1 Å². The molecule has 0 saturated carbocycles. The summed E-state index contributed by atoms with van der Waals surface area (Å²) in [6.07, 6.45) is 2.77. The van der Waals surface area contributed by atoms with Crippen molar-refractivity contribution < 1.29 is 4.79 Å². The molecule has 0 bridgehead atoms. The minimum absolute atomic E-state index is 0.0300. The molecule has 85 valence electrons. The van der Waals surface area contributed by atoms with Gasteiger partial charge in [-0.25, -0.2) is 0 Å². The van der Waals surface area contributed by atoms with Crippen molar-refractivity contribution in [3.63, 3.8) is 0 Å².